The maximum absolute atomic E-state index is 11.7. The van der Waals surface area contributed by atoms with Crippen LogP contribution in [0.15, 0.2) is 5.38 Å². The molecule has 2 N–H and O–H groups in total. The minimum absolute atomic E-state index is 0.0193. The normalized spacial score (nSPS) is 14.1. The lowest BCUT2D eigenvalue weighted by atomic mass is 10.3. The van der Waals surface area contributed by atoms with Crippen molar-refractivity contribution in [3.05, 3.63) is 16.1 Å². The lowest BCUT2D eigenvalue weighted by Crippen LogP contribution is -2.17. The number of nitrogens with zero attached hydrogens (tertiary/aromatic N) is 1. The zero-order valence-corrected chi connectivity index (χ0v) is 9.57. The molecule has 0 aliphatic rings. The molecule has 1 aromatic rings. The van der Waals surface area contributed by atoms with E-state index in [2.05, 4.69) is 9.72 Å². The van der Waals surface area contributed by atoms with Crippen LogP contribution < -0.4 is 5.73 Å². The standard InChI is InChI=1S/C9H13F3N2OS/c1-6(13)7-4-16-8(14-7)2-3-15-5-9(10,11)12/h4,6H,2-3,5,13H2,1H3. The van der Waals surface area contributed by atoms with Crippen LogP contribution in [0.2, 0.25) is 0 Å². The number of alkyl halides is 3. The number of nitrogens with two attached hydrogens (primary N) is 1. The van der Waals surface area contributed by atoms with E-state index in [1.54, 1.807) is 6.92 Å². The molecule has 1 heterocycles. The molecule has 1 rings (SSSR count). The van der Waals surface area contributed by atoms with Crippen LogP contribution in [0.3, 0.4) is 0 Å². The van der Waals surface area contributed by atoms with Crippen molar-refractivity contribution in [1.82, 2.24) is 4.98 Å². The van der Waals surface area contributed by atoms with Crippen LogP contribution in [-0.2, 0) is 11.2 Å². The van der Waals surface area contributed by atoms with Crippen LogP contribution in [0, 0.1) is 0 Å². The van der Waals surface area contributed by atoms with Crippen LogP contribution in [0.25, 0.3) is 0 Å². The smallest absolute Gasteiger partial charge is 0.372 e. The summed E-state index contributed by atoms with van der Waals surface area (Å²) in [6.07, 6.45) is -3.88. The fourth-order valence-electron chi connectivity index (χ4n) is 0.996. The van der Waals surface area contributed by atoms with E-state index in [1.807, 2.05) is 5.38 Å². The molecule has 0 saturated heterocycles. The van der Waals surface area contributed by atoms with Crippen molar-refractivity contribution < 1.29 is 17.9 Å². The molecular weight excluding hydrogens is 241 g/mol. The van der Waals surface area contributed by atoms with E-state index >= 15 is 0 Å². The van der Waals surface area contributed by atoms with Crippen molar-refractivity contribution in [1.29, 1.82) is 0 Å². The molecule has 0 fully saturated rings. The molecule has 16 heavy (non-hydrogen) atoms. The van der Waals surface area contributed by atoms with Gasteiger partial charge in [0.2, 0.25) is 0 Å². The molecule has 0 aromatic carbocycles. The Hall–Kier alpha value is -0.660. The first-order chi connectivity index (χ1) is 7.38. The van der Waals surface area contributed by atoms with Crippen LogP contribution in [-0.4, -0.2) is 24.4 Å². The van der Waals surface area contributed by atoms with E-state index < -0.39 is 12.8 Å². The predicted molar refractivity (Wildman–Crippen MR) is 55.3 cm³/mol. The van der Waals surface area contributed by atoms with Gasteiger partial charge in [0.25, 0.3) is 0 Å². The SMILES string of the molecule is CC(N)c1csc(CCOCC(F)(F)F)n1. The summed E-state index contributed by atoms with van der Waals surface area (Å²) in [5.74, 6) is 0. The molecule has 1 aromatic heterocycles. The highest BCUT2D eigenvalue weighted by Gasteiger charge is 2.27. The Morgan fingerprint density at radius 3 is 2.75 bits per heavy atom. The molecule has 1 unspecified atom stereocenters. The number of rotatable bonds is 5. The third kappa shape index (κ3) is 4.91. The Bertz CT molecular complexity index is 325. The van der Waals surface area contributed by atoms with E-state index in [4.69, 9.17) is 5.73 Å². The summed E-state index contributed by atoms with van der Waals surface area (Å²) in [5, 5.41) is 2.55. The summed E-state index contributed by atoms with van der Waals surface area (Å²) < 4.78 is 39.7. The molecule has 3 nitrogen and oxygen atoms in total. The second-order valence-electron chi connectivity index (χ2n) is 3.37. The van der Waals surface area contributed by atoms with Gasteiger partial charge in [0.1, 0.15) is 6.61 Å². The fourth-order valence-corrected chi connectivity index (χ4v) is 1.88. The van der Waals surface area contributed by atoms with E-state index in [0.29, 0.717) is 6.42 Å². The third-order valence-corrected chi connectivity index (χ3v) is 2.69. The maximum atomic E-state index is 11.7. The highest BCUT2D eigenvalue weighted by atomic mass is 32.1. The highest BCUT2D eigenvalue weighted by molar-refractivity contribution is 7.09. The van der Waals surface area contributed by atoms with Gasteiger partial charge in [0.15, 0.2) is 0 Å². The number of hydrogen-bond donors (Lipinski definition) is 1. The zero-order chi connectivity index (χ0) is 12.2. The number of halogens is 3. The maximum Gasteiger partial charge on any atom is 0.411 e. The molecule has 0 amide bonds. The number of ether oxygens (including phenoxy) is 1. The summed E-state index contributed by atoms with van der Waals surface area (Å²) >= 11 is 1.38. The van der Waals surface area contributed by atoms with Crippen molar-refractivity contribution in [2.24, 2.45) is 5.73 Å². The van der Waals surface area contributed by atoms with Crippen LogP contribution in [0.5, 0.6) is 0 Å². The van der Waals surface area contributed by atoms with Gasteiger partial charge in [0.05, 0.1) is 17.3 Å². The summed E-state index contributed by atoms with van der Waals surface area (Å²) in [5.41, 5.74) is 6.36. The fraction of sp³-hybridized carbons (Fsp3) is 0.667. The topological polar surface area (TPSA) is 48.1 Å². The molecule has 0 spiro atoms. The Labute approximate surface area is 95.4 Å². The lowest BCUT2D eigenvalue weighted by Gasteiger charge is -2.06. The number of hydrogen-bond acceptors (Lipinski definition) is 4. The summed E-state index contributed by atoms with van der Waals surface area (Å²) in [6.45, 7) is 0.614. The van der Waals surface area contributed by atoms with Crippen LogP contribution in [0.4, 0.5) is 13.2 Å². The average molecular weight is 254 g/mol. The van der Waals surface area contributed by atoms with E-state index in [-0.39, 0.29) is 12.6 Å². The van der Waals surface area contributed by atoms with Crippen molar-refractivity contribution >= 4 is 11.3 Å². The van der Waals surface area contributed by atoms with Gasteiger partial charge in [0, 0.05) is 17.8 Å². The largest absolute Gasteiger partial charge is 0.411 e. The monoisotopic (exact) mass is 254 g/mol. The van der Waals surface area contributed by atoms with Crippen molar-refractivity contribution in [3.63, 3.8) is 0 Å². The molecule has 7 heteroatoms. The van der Waals surface area contributed by atoms with Gasteiger partial charge in [-0.1, -0.05) is 0 Å². The minimum Gasteiger partial charge on any atom is -0.372 e. The number of aromatic nitrogens is 1. The first-order valence-corrected chi connectivity index (χ1v) is 5.61. The van der Waals surface area contributed by atoms with Gasteiger partial charge >= 0.3 is 6.18 Å². The summed E-state index contributed by atoms with van der Waals surface area (Å²) in [4.78, 5) is 4.18. The summed E-state index contributed by atoms with van der Waals surface area (Å²) in [7, 11) is 0. The van der Waals surface area contributed by atoms with E-state index in [9.17, 15) is 13.2 Å². The molecule has 0 aliphatic carbocycles. The Balaban J connectivity index is 2.27. The van der Waals surface area contributed by atoms with Gasteiger partial charge in [-0.2, -0.15) is 13.2 Å². The van der Waals surface area contributed by atoms with E-state index in [1.165, 1.54) is 11.3 Å². The average Bonchev–Trinajstić information content (AvgIpc) is 2.59. The Kier molecular flexibility index (Phi) is 4.69. The van der Waals surface area contributed by atoms with Gasteiger partial charge in [-0.25, -0.2) is 4.98 Å². The summed E-state index contributed by atoms with van der Waals surface area (Å²) in [6, 6.07) is -0.152. The quantitative estimate of drug-likeness (QED) is 0.820. The Morgan fingerprint density at radius 1 is 1.56 bits per heavy atom. The second-order valence-corrected chi connectivity index (χ2v) is 4.32. The van der Waals surface area contributed by atoms with Gasteiger partial charge in [-0.15, -0.1) is 11.3 Å². The molecule has 92 valence electrons. The van der Waals surface area contributed by atoms with Gasteiger partial charge in [-0.3, -0.25) is 0 Å². The molecule has 1 atom stereocenters. The molecule has 0 radical (unpaired) electrons. The van der Waals surface area contributed by atoms with Crippen LogP contribution >= 0.6 is 11.3 Å². The molecule has 0 aliphatic heterocycles. The molecular formula is C9H13F3N2OS. The predicted octanol–water partition coefficient (Wildman–Crippen LogP) is 2.28. The molecule has 0 bridgehead atoms. The van der Waals surface area contributed by atoms with Gasteiger partial charge < -0.3 is 10.5 Å². The first kappa shape index (κ1) is 13.4. The van der Waals surface area contributed by atoms with Crippen LogP contribution in [0.1, 0.15) is 23.7 Å². The Morgan fingerprint density at radius 2 is 2.25 bits per heavy atom. The highest BCUT2D eigenvalue weighted by Crippen LogP contribution is 2.17. The second kappa shape index (κ2) is 5.60. The third-order valence-electron chi connectivity index (χ3n) is 1.76. The minimum atomic E-state index is -4.26. The van der Waals surface area contributed by atoms with Crippen molar-refractivity contribution in [3.8, 4) is 0 Å². The van der Waals surface area contributed by atoms with Gasteiger partial charge in [-0.05, 0) is 6.92 Å². The van der Waals surface area contributed by atoms with Crippen molar-refractivity contribution in [2.75, 3.05) is 13.2 Å². The lowest BCUT2D eigenvalue weighted by molar-refractivity contribution is -0.173. The molecule has 0 saturated carbocycles. The number of thiazole rings is 1. The first-order valence-electron chi connectivity index (χ1n) is 4.73. The van der Waals surface area contributed by atoms with Crippen molar-refractivity contribution in [2.45, 2.75) is 25.6 Å². The van der Waals surface area contributed by atoms with E-state index in [0.717, 1.165) is 10.7 Å². The zero-order valence-electron chi connectivity index (χ0n) is 8.75.